The molecule has 2 aromatic heterocycles. The maximum absolute atomic E-state index is 13.9. The Kier molecular flexibility index (Phi) is 15.2. The highest BCUT2D eigenvalue weighted by Crippen LogP contribution is 2.46. The fraction of sp³-hybridized carbons (Fsp3) is 0.491. The summed E-state index contributed by atoms with van der Waals surface area (Å²) in [4.78, 5) is 70.4. The van der Waals surface area contributed by atoms with Gasteiger partial charge in [0.15, 0.2) is 0 Å². The van der Waals surface area contributed by atoms with Crippen molar-refractivity contribution < 1.29 is 28.8 Å². The first-order valence-corrected chi connectivity index (χ1v) is 28.9. The molecule has 18 nitrogen and oxygen atoms in total. The summed E-state index contributed by atoms with van der Waals surface area (Å²) >= 11 is 3.60. The van der Waals surface area contributed by atoms with E-state index in [1.165, 1.54) is 4.68 Å². The minimum atomic E-state index is -2.93. The summed E-state index contributed by atoms with van der Waals surface area (Å²) in [6.07, 6.45) is 7.22. The van der Waals surface area contributed by atoms with E-state index in [0.717, 1.165) is 92.3 Å². The molecule has 0 saturated carbocycles. The standard InChI is InChI=1S/C53H67BrN11O7P/c1-8-32-26-40(58-52-55-29-38(54)48(60-52)57-39-15-14-36-37(47(39)73(6,7)71)28-56-64(9-2)50(36)69)44(72-10-3)27-43(32)62-22-19-34(20-23-62)63-25-24-61(35(30-63)31-66)21-18-33-12-11-13-41-46(33)53(4,5)51(70)65(41)42-16-17-45(67)59-49(42)68/h11-15,26-29,34-35,42,66H,8-10,16-25,30-31H2,1-7H3,(H,59,67,68)(H2,55,57,58,60). The van der Waals surface area contributed by atoms with Gasteiger partial charge in [0.2, 0.25) is 23.7 Å². The molecule has 0 radical (unpaired) electrons. The lowest BCUT2D eigenvalue weighted by Gasteiger charge is -2.46. The number of piperidine rings is 2. The highest BCUT2D eigenvalue weighted by Gasteiger charge is 2.50. The second-order valence-electron chi connectivity index (χ2n) is 20.4. The predicted molar refractivity (Wildman–Crippen MR) is 290 cm³/mol. The Balaban J connectivity index is 0.852. The summed E-state index contributed by atoms with van der Waals surface area (Å²) < 4.78 is 22.0. The molecule has 0 spiro atoms. The average Bonchev–Trinajstić information content (AvgIpc) is 3.57. The lowest BCUT2D eigenvalue weighted by Crippen LogP contribution is -2.59. The second kappa shape index (κ2) is 21.3. The Labute approximate surface area is 434 Å². The van der Waals surface area contributed by atoms with Crippen LogP contribution < -0.4 is 41.4 Å². The molecule has 0 bridgehead atoms. The zero-order valence-electron chi connectivity index (χ0n) is 42.8. The van der Waals surface area contributed by atoms with Gasteiger partial charge in [-0.2, -0.15) is 10.1 Å². The van der Waals surface area contributed by atoms with E-state index in [-0.39, 0.29) is 36.4 Å². The number of nitrogens with zero attached hydrogens (tertiary/aromatic N) is 8. The molecule has 4 N–H and O–H groups in total. The van der Waals surface area contributed by atoms with Crippen LogP contribution in [0.4, 0.5) is 34.5 Å². The van der Waals surface area contributed by atoms with E-state index < -0.39 is 24.5 Å². The monoisotopic (exact) mass is 1080 g/mol. The van der Waals surface area contributed by atoms with Gasteiger partial charge in [0.25, 0.3) is 5.56 Å². The first kappa shape index (κ1) is 52.2. The number of carbonyl (C=O) groups excluding carboxylic acids is 3. The molecular weight excluding hydrogens is 1010 g/mol. The first-order valence-electron chi connectivity index (χ1n) is 25.5. The summed E-state index contributed by atoms with van der Waals surface area (Å²) in [5.41, 5.74) is 5.27. The van der Waals surface area contributed by atoms with Crippen molar-refractivity contribution in [3.63, 3.8) is 0 Å². The number of piperazine rings is 1. The number of hydrogen-bond acceptors (Lipinski definition) is 15. The molecular formula is C53H67BrN11O7P. The van der Waals surface area contributed by atoms with Crippen LogP contribution >= 0.6 is 23.1 Å². The zero-order valence-corrected chi connectivity index (χ0v) is 45.3. The molecule has 6 heterocycles. The number of benzene rings is 3. The normalized spacial score (nSPS) is 19.9. The maximum atomic E-state index is 13.9. The van der Waals surface area contributed by atoms with Gasteiger partial charge >= 0.3 is 0 Å². The number of aromatic nitrogens is 4. The van der Waals surface area contributed by atoms with Crippen LogP contribution in [0.1, 0.15) is 77.0 Å². The third kappa shape index (κ3) is 10.3. The Morgan fingerprint density at radius 1 is 0.918 bits per heavy atom. The van der Waals surface area contributed by atoms with Gasteiger partial charge in [0.1, 0.15) is 24.8 Å². The summed E-state index contributed by atoms with van der Waals surface area (Å²) in [5.74, 6) is 0.591. The third-order valence-electron chi connectivity index (χ3n) is 15.1. The number of nitrogens with one attached hydrogen (secondary N) is 3. The molecule has 3 amide bonds. The molecule has 2 unspecified atom stereocenters. The van der Waals surface area contributed by atoms with Crippen molar-refractivity contribution in [2.75, 3.05) is 86.2 Å². The van der Waals surface area contributed by atoms with Crippen molar-refractivity contribution in [3.05, 3.63) is 86.4 Å². The van der Waals surface area contributed by atoms with E-state index in [0.29, 0.717) is 75.8 Å². The van der Waals surface area contributed by atoms with Crippen molar-refractivity contribution in [1.29, 1.82) is 0 Å². The Morgan fingerprint density at radius 3 is 2.40 bits per heavy atom. The van der Waals surface area contributed by atoms with Gasteiger partial charge in [-0.25, -0.2) is 9.67 Å². The van der Waals surface area contributed by atoms with E-state index in [2.05, 4.69) is 81.8 Å². The Bertz CT molecular complexity index is 3060. The third-order valence-corrected chi connectivity index (χ3v) is 17.2. The second-order valence-corrected chi connectivity index (χ2v) is 24.4. The highest BCUT2D eigenvalue weighted by atomic mass is 79.9. The molecule has 73 heavy (non-hydrogen) atoms. The van der Waals surface area contributed by atoms with E-state index in [1.807, 2.05) is 39.8 Å². The molecule has 9 rings (SSSR count). The predicted octanol–water partition coefficient (Wildman–Crippen LogP) is 6.28. The van der Waals surface area contributed by atoms with Crippen molar-refractivity contribution in [2.45, 2.75) is 103 Å². The van der Waals surface area contributed by atoms with E-state index >= 15 is 0 Å². The van der Waals surface area contributed by atoms with Crippen LogP contribution in [-0.4, -0.2) is 136 Å². The van der Waals surface area contributed by atoms with Crippen LogP contribution in [0.3, 0.4) is 0 Å². The fourth-order valence-electron chi connectivity index (χ4n) is 11.4. The number of fused-ring (bicyclic) bond motifs is 2. The van der Waals surface area contributed by atoms with Gasteiger partial charge in [-0.1, -0.05) is 19.1 Å². The lowest BCUT2D eigenvalue weighted by molar-refractivity contribution is -0.136. The van der Waals surface area contributed by atoms with Crippen LogP contribution in [0.25, 0.3) is 10.8 Å². The van der Waals surface area contributed by atoms with Crippen LogP contribution in [0, 0.1) is 0 Å². The summed E-state index contributed by atoms with van der Waals surface area (Å²) in [6.45, 7) is 19.1. The van der Waals surface area contributed by atoms with Gasteiger partial charge in [-0.05, 0) is 130 Å². The number of halogens is 1. The molecule has 20 heteroatoms. The van der Waals surface area contributed by atoms with Crippen LogP contribution in [0.15, 0.2) is 64.1 Å². The molecule has 3 aromatic carbocycles. The molecule has 388 valence electrons. The maximum Gasteiger partial charge on any atom is 0.274 e. The Morgan fingerprint density at radius 2 is 1.70 bits per heavy atom. The molecule has 3 fully saturated rings. The highest BCUT2D eigenvalue weighted by molar-refractivity contribution is 9.10. The minimum absolute atomic E-state index is 0.0261. The molecule has 4 aliphatic heterocycles. The van der Waals surface area contributed by atoms with Crippen LogP contribution in [0.2, 0.25) is 0 Å². The van der Waals surface area contributed by atoms with Gasteiger partial charge in [-0.15, -0.1) is 0 Å². The van der Waals surface area contributed by atoms with Crippen LogP contribution in [-0.2, 0) is 43.8 Å². The lowest BCUT2D eigenvalue weighted by atomic mass is 9.82. The molecule has 0 aliphatic carbocycles. The molecule has 4 aliphatic rings. The smallest absolute Gasteiger partial charge is 0.274 e. The number of rotatable bonds is 16. The number of aliphatic hydroxyl groups excluding tert-OH is 1. The fourth-order valence-corrected chi connectivity index (χ4v) is 13.2. The number of aliphatic hydroxyl groups is 1. The first-order chi connectivity index (χ1) is 34.9. The molecule has 2 atom stereocenters. The largest absolute Gasteiger partial charge is 0.492 e. The number of amides is 3. The average molecular weight is 1080 g/mol. The van der Waals surface area contributed by atoms with Gasteiger partial charge in [0.05, 0.1) is 46.1 Å². The van der Waals surface area contributed by atoms with Gasteiger partial charge in [0, 0.05) is 98.6 Å². The SMILES string of the molecule is CCOc1cc(N2CCC(N3CCN(CCc4cccc5c4C(C)(C)C(=O)N5C4CCC(=O)NC4=O)C(CO)C3)CC2)c(CC)cc1Nc1ncc(Br)c(Nc2ccc3c(=O)n(CC)ncc3c2P(C)(C)=O)n1. The number of anilines is 6. The molecule has 3 saturated heterocycles. The van der Waals surface area contributed by atoms with E-state index in [9.17, 15) is 28.8 Å². The zero-order chi connectivity index (χ0) is 51.9. The van der Waals surface area contributed by atoms with Gasteiger partial charge < -0.3 is 29.9 Å². The van der Waals surface area contributed by atoms with Crippen molar-refractivity contribution >= 4 is 91.4 Å². The van der Waals surface area contributed by atoms with Crippen molar-refractivity contribution in [2.24, 2.45) is 0 Å². The van der Waals surface area contributed by atoms with Crippen molar-refractivity contribution in [1.82, 2.24) is 34.9 Å². The minimum Gasteiger partial charge on any atom is -0.492 e. The number of aryl methyl sites for hydroxylation is 2. The summed E-state index contributed by atoms with van der Waals surface area (Å²) in [5, 5.41) is 25.8. The summed E-state index contributed by atoms with van der Waals surface area (Å²) in [6, 6.07) is 13.3. The van der Waals surface area contributed by atoms with E-state index in [4.69, 9.17) is 9.72 Å². The number of hydrogen-bond donors (Lipinski definition) is 4. The number of imide groups is 1. The van der Waals surface area contributed by atoms with Crippen LogP contribution in [0.5, 0.6) is 5.75 Å². The summed E-state index contributed by atoms with van der Waals surface area (Å²) in [7, 11) is -2.93. The number of carbonyl (C=O) groups is 3. The topological polar surface area (TPSA) is 207 Å². The molecule has 5 aromatic rings. The quantitative estimate of drug-likeness (QED) is 0.0634. The Hall–Kier alpha value is -5.72. The number of ether oxygens (including phenoxy) is 1. The van der Waals surface area contributed by atoms with Crippen molar-refractivity contribution in [3.8, 4) is 5.75 Å². The van der Waals surface area contributed by atoms with E-state index in [1.54, 1.807) is 42.8 Å². The van der Waals surface area contributed by atoms with Gasteiger partial charge in [-0.3, -0.25) is 39.2 Å².